The van der Waals surface area contributed by atoms with Gasteiger partial charge in [0.15, 0.2) is 0 Å². The third-order valence-corrected chi connectivity index (χ3v) is 3.45. The minimum absolute atomic E-state index is 0.0479. The number of rotatable bonds is 4. The summed E-state index contributed by atoms with van der Waals surface area (Å²) in [5.41, 5.74) is 1.74. The molecule has 2 N–H and O–H groups in total. The minimum Gasteiger partial charge on any atom is -0.493 e. The Labute approximate surface area is 107 Å². The Morgan fingerprint density at radius 3 is 3.00 bits per heavy atom. The summed E-state index contributed by atoms with van der Waals surface area (Å²) in [6.07, 6.45) is 0.860. The molecule has 98 valence electrons. The molecule has 0 saturated carbocycles. The average molecular weight is 249 g/mol. The second-order valence-electron chi connectivity index (χ2n) is 4.84. The molecule has 1 amide bonds. The van der Waals surface area contributed by atoms with Crippen LogP contribution < -0.4 is 10.1 Å². The highest BCUT2D eigenvalue weighted by atomic mass is 16.5. The van der Waals surface area contributed by atoms with E-state index in [1.807, 2.05) is 26.0 Å². The number of ether oxygens (including phenoxy) is 1. The molecule has 0 saturated heterocycles. The van der Waals surface area contributed by atoms with Crippen molar-refractivity contribution in [1.82, 2.24) is 5.32 Å². The molecule has 0 aromatic heterocycles. The van der Waals surface area contributed by atoms with Crippen molar-refractivity contribution in [3.8, 4) is 5.75 Å². The molecule has 1 aromatic rings. The van der Waals surface area contributed by atoms with Crippen LogP contribution in [-0.4, -0.2) is 30.3 Å². The van der Waals surface area contributed by atoms with Gasteiger partial charge in [-0.25, -0.2) is 0 Å². The van der Waals surface area contributed by atoms with Crippen LogP contribution in [0.3, 0.4) is 0 Å². The first-order chi connectivity index (χ1) is 8.61. The topological polar surface area (TPSA) is 58.6 Å². The van der Waals surface area contributed by atoms with Crippen LogP contribution in [0, 0.1) is 5.92 Å². The summed E-state index contributed by atoms with van der Waals surface area (Å²) in [5.74, 6) is 0.826. The molecule has 0 bridgehead atoms. The maximum absolute atomic E-state index is 12.0. The smallest absolute Gasteiger partial charge is 0.251 e. The van der Waals surface area contributed by atoms with E-state index in [1.54, 1.807) is 6.07 Å². The normalized spacial score (nSPS) is 16.6. The molecule has 18 heavy (non-hydrogen) atoms. The number of aliphatic hydroxyl groups is 1. The van der Waals surface area contributed by atoms with Gasteiger partial charge in [0.1, 0.15) is 5.75 Å². The predicted octanol–water partition coefficient (Wildman–Crippen LogP) is 1.37. The first kappa shape index (κ1) is 12.9. The number of amides is 1. The monoisotopic (exact) mass is 249 g/mol. The Hall–Kier alpha value is -1.55. The van der Waals surface area contributed by atoms with Gasteiger partial charge in [-0.1, -0.05) is 6.92 Å². The molecule has 2 rings (SSSR count). The van der Waals surface area contributed by atoms with Crippen molar-refractivity contribution in [2.45, 2.75) is 26.3 Å². The minimum atomic E-state index is -0.0995. The van der Waals surface area contributed by atoms with Crippen molar-refractivity contribution in [3.63, 3.8) is 0 Å². The van der Waals surface area contributed by atoms with E-state index < -0.39 is 0 Å². The van der Waals surface area contributed by atoms with E-state index in [0.29, 0.717) is 12.2 Å². The number of fused-ring (bicyclic) bond motifs is 1. The van der Waals surface area contributed by atoms with Gasteiger partial charge in [0, 0.05) is 24.6 Å². The molecule has 2 atom stereocenters. The van der Waals surface area contributed by atoms with E-state index in [9.17, 15) is 4.79 Å². The molecule has 0 spiro atoms. The summed E-state index contributed by atoms with van der Waals surface area (Å²) in [4.78, 5) is 12.0. The largest absolute Gasteiger partial charge is 0.493 e. The number of benzene rings is 1. The molecule has 1 aliphatic heterocycles. The second-order valence-corrected chi connectivity index (χ2v) is 4.84. The van der Waals surface area contributed by atoms with Gasteiger partial charge in [-0.05, 0) is 36.6 Å². The standard InChI is InChI=1S/C14H19NO3/c1-9(8-16)10(2)15-14(17)12-3-4-13-11(7-12)5-6-18-13/h3-4,7,9-10,16H,5-6,8H2,1-2H3,(H,15,17). The van der Waals surface area contributed by atoms with Gasteiger partial charge in [0.05, 0.1) is 6.61 Å². The number of hydrogen-bond acceptors (Lipinski definition) is 3. The number of carbonyl (C=O) groups excluding carboxylic acids is 1. The van der Waals surface area contributed by atoms with Crippen LogP contribution in [0.15, 0.2) is 18.2 Å². The van der Waals surface area contributed by atoms with Crippen molar-refractivity contribution in [1.29, 1.82) is 0 Å². The lowest BCUT2D eigenvalue weighted by Crippen LogP contribution is -2.38. The SMILES string of the molecule is CC(CO)C(C)NC(=O)c1ccc2c(c1)CCO2. The van der Waals surface area contributed by atoms with Crippen LogP contribution in [0.25, 0.3) is 0 Å². The highest BCUT2D eigenvalue weighted by Crippen LogP contribution is 2.25. The van der Waals surface area contributed by atoms with E-state index in [4.69, 9.17) is 9.84 Å². The molecule has 1 aliphatic rings. The van der Waals surface area contributed by atoms with Gasteiger partial charge in [0.25, 0.3) is 5.91 Å². The summed E-state index contributed by atoms with van der Waals surface area (Å²) in [7, 11) is 0. The molecule has 0 fully saturated rings. The van der Waals surface area contributed by atoms with Crippen LogP contribution in [0.5, 0.6) is 5.75 Å². The maximum Gasteiger partial charge on any atom is 0.251 e. The van der Waals surface area contributed by atoms with Crippen molar-refractivity contribution < 1.29 is 14.6 Å². The van der Waals surface area contributed by atoms with Gasteiger partial charge < -0.3 is 15.2 Å². The van der Waals surface area contributed by atoms with Gasteiger partial charge in [-0.15, -0.1) is 0 Å². The van der Waals surface area contributed by atoms with Gasteiger partial charge in [-0.3, -0.25) is 4.79 Å². The maximum atomic E-state index is 12.0. The van der Waals surface area contributed by atoms with E-state index in [1.165, 1.54) is 0 Å². The van der Waals surface area contributed by atoms with Gasteiger partial charge in [-0.2, -0.15) is 0 Å². The Balaban J connectivity index is 2.05. The molecule has 1 aromatic carbocycles. The summed E-state index contributed by atoms with van der Waals surface area (Å²) < 4.78 is 5.41. The first-order valence-corrected chi connectivity index (χ1v) is 6.29. The van der Waals surface area contributed by atoms with Gasteiger partial charge >= 0.3 is 0 Å². The van der Waals surface area contributed by atoms with Crippen LogP contribution in [-0.2, 0) is 6.42 Å². The van der Waals surface area contributed by atoms with Crippen molar-refractivity contribution in [2.75, 3.05) is 13.2 Å². The lowest BCUT2D eigenvalue weighted by Gasteiger charge is -2.19. The third-order valence-electron chi connectivity index (χ3n) is 3.45. The quantitative estimate of drug-likeness (QED) is 0.847. The highest BCUT2D eigenvalue weighted by molar-refractivity contribution is 5.94. The van der Waals surface area contributed by atoms with Crippen molar-refractivity contribution in [2.24, 2.45) is 5.92 Å². The molecular weight excluding hydrogens is 230 g/mol. The molecule has 0 radical (unpaired) electrons. The Bertz CT molecular complexity index is 445. The number of aliphatic hydroxyl groups excluding tert-OH is 1. The van der Waals surface area contributed by atoms with Crippen molar-refractivity contribution >= 4 is 5.91 Å². The molecule has 0 aliphatic carbocycles. The van der Waals surface area contributed by atoms with E-state index in [0.717, 1.165) is 17.7 Å². The fourth-order valence-electron chi connectivity index (χ4n) is 1.92. The average Bonchev–Trinajstić information content (AvgIpc) is 2.84. The number of hydrogen-bond donors (Lipinski definition) is 2. The van der Waals surface area contributed by atoms with E-state index in [2.05, 4.69) is 5.32 Å². The summed E-state index contributed by atoms with van der Waals surface area (Å²) in [6, 6.07) is 5.45. The molecule has 1 heterocycles. The van der Waals surface area contributed by atoms with Crippen LogP contribution in [0.4, 0.5) is 0 Å². The zero-order chi connectivity index (χ0) is 13.1. The van der Waals surface area contributed by atoms with Crippen molar-refractivity contribution in [3.05, 3.63) is 29.3 Å². The first-order valence-electron chi connectivity index (χ1n) is 6.29. The number of nitrogens with one attached hydrogen (secondary N) is 1. The zero-order valence-electron chi connectivity index (χ0n) is 10.8. The summed E-state index contributed by atoms with van der Waals surface area (Å²) in [5, 5.41) is 11.9. The number of carbonyl (C=O) groups is 1. The Kier molecular flexibility index (Phi) is 3.87. The van der Waals surface area contributed by atoms with Crippen LogP contribution in [0.2, 0.25) is 0 Å². The summed E-state index contributed by atoms with van der Waals surface area (Å²) >= 11 is 0. The molecule has 4 heteroatoms. The Morgan fingerprint density at radius 2 is 2.28 bits per heavy atom. The second kappa shape index (κ2) is 5.40. The van der Waals surface area contributed by atoms with Gasteiger partial charge in [0.2, 0.25) is 0 Å². The predicted molar refractivity (Wildman–Crippen MR) is 68.8 cm³/mol. The lowest BCUT2D eigenvalue weighted by atomic mass is 10.0. The fourth-order valence-corrected chi connectivity index (χ4v) is 1.92. The molecular formula is C14H19NO3. The summed E-state index contributed by atoms with van der Waals surface area (Å²) in [6.45, 7) is 4.56. The Morgan fingerprint density at radius 1 is 1.50 bits per heavy atom. The van der Waals surface area contributed by atoms with Crippen LogP contribution in [0.1, 0.15) is 29.8 Å². The molecule has 2 unspecified atom stereocenters. The fraction of sp³-hybridized carbons (Fsp3) is 0.500. The third kappa shape index (κ3) is 2.64. The molecule has 4 nitrogen and oxygen atoms in total. The lowest BCUT2D eigenvalue weighted by molar-refractivity contribution is 0.0916. The van der Waals surface area contributed by atoms with E-state index in [-0.39, 0.29) is 24.5 Å². The highest BCUT2D eigenvalue weighted by Gasteiger charge is 2.18. The van der Waals surface area contributed by atoms with E-state index >= 15 is 0 Å². The van der Waals surface area contributed by atoms with Crippen LogP contribution >= 0.6 is 0 Å². The zero-order valence-corrected chi connectivity index (χ0v) is 10.8.